The second kappa shape index (κ2) is 15.6. The van der Waals surface area contributed by atoms with Crippen LogP contribution in [-0.4, -0.2) is 122 Å². The van der Waals surface area contributed by atoms with Gasteiger partial charge in [-0.2, -0.15) is 0 Å². The van der Waals surface area contributed by atoms with Gasteiger partial charge in [0.1, 0.15) is 23.9 Å². The highest BCUT2D eigenvalue weighted by Gasteiger charge is 2.78. The third kappa shape index (κ3) is 5.93. The molecule has 5 aliphatic heterocycles. The van der Waals surface area contributed by atoms with E-state index >= 15 is 4.79 Å². The molecule has 2 bridgehead atoms. The van der Waals surface area contributed by atoms with E-state index in [2.05, 4.69) is 76.0 Å². The zero-order chi connectivity index (χ0) is 44.8. The number of carbonyl (C=O) groups excluding carboxylic acids is 3. The summed E-state index contributed by atoms with van der Waals surface area (Å²) in [4.78, 5) is 53.4. The van der Waals surface area contributed by atoms with Crippen molar-refractivity contribution >= 4 is 34.5 Å². The van der Waals surface area contributed by atoms with E-state index in [0.29, 0.717) is 49.2 Å². The van der Waals surface area contributed by atoms with E-state index in [4.69, 9.17) is 18.9 Å². The number of nitrogens with one attached hydrogen (secondary N) is 1. The van der Waals surface area contributed by atoms with E-state index in [9.17, 15) is 14.7 Å². The highest BCUT2D eigenvalue weighted by Crippen LogP contribution is 2.68. The van der Waals surface area contributed by atoms with Crippen LogP contribution in [0.3, 0.4) is 0 Å². The van der Waals surface area contributed by atoms with Crippen molar-refractivity contribution in [2.24, 2.45) is 11.3 Å². The first kappa shape index (κ1) is 42.5. The molecule has 1 saturated heterocycles. The molecule has 64 heavy (non-hydrogen) atoms. The number of aromatic nitrogens is 1. The number of benzene rings is 3. The Morgan fingerprint density at radius 1 is 0.969 bits per heavy atom. The van der Waals surface area contributed by atoms with Gasteiger partial charge >= 0.3 is 17.9 Å². The molecule has 1 unspecified atom stereocenters. The number of anilines is 1. The van der Waals surface area contributed by atoms with Crippen molar-refractivity contribution in [3.8, 4) is 5.75 Å². The second-order valence-corrected chi connectivity index (χ2v) is 19.1. The van der Waals surface area contributed by atoms with Crippen LogP contribution >= 0.6 is 0 Å². The van der Waals surface area contributed by atoms with Gasteiger partial charge in [0.2, 0.25) is 0 Å². The Hall–Kier alpha value is -5.43. The molecule has 1 aromatic heterocycles. The summed E-state index contributed by atoms with van der Waals surface area (Å²) in [7, 11) is 5.09. The summed E-state index contributed by atoms with van der Waals surface area (Å²) in [5, 5.41) is 14.9. The first-order valence-electron chi connectivity index (χ1n) is 23.0. The quantitative estimate of drug-likeness (QED) is 0.109. The minimum atomic E-state index is -1.91. The smallest absolute Gasteiger partial charge is 0.338 e. The largest absolute Gasteiger partial charge is 0.496 e. The Balaban J connectivity index is 1.24. The van der Waals surface area contributed by atoms with Crippen molar-refractivity contribution in [3.05, 3.63) is 118 Å². The molecule has 0 amide bonds. The van der Waals surface area contributed by atoms with Crippen LogP contribution < -0.4 is 9.64 Å². The van der Waals surface area contributed by atoms with Gasteiger partial charge in [-0.15, -0.1) is 0 Å². The van der Waals surface area contributed by atoms with Gasteiger partial charge in [-0.05, 0) is 80.0 Å². The Kier molecular flexibility index (Phi) is 10.4. The maximum atomic E-state index is 15.4. The maximum Gasteiger partial charge on any atom is 0.338 e. The minimum Gasteiger partial charge on any atom is -0.496 e. The second-order valence-electron chi connectivity index (χ2n) is 19.1. The fraction of sp³-hybridized carbons (Fsp3) is 0.481. The molecule has 12 heteroatoms. The number of aliphatic hydroxyl groups is 1. The molecule has 10 rings (SSSR count). The number of methoxy groups -OCH3 is 2. The first-order valence-corrected chi connectivity index (χ1v) is 23.0. The Morgan fingerprint density at radius 3 is 2.48 bits per heavy atom. The van der Waals surface area contributed by atoms with Gasteiger partial charge in [0, 0.05) is 90.9 Å². The Labute approximate surface area is 375 Å². The molecule has 3 aromatic carbocycles. The van der Waals surface area contributed by atoms with Gasteiger partial charge in [0.25, 0.3) is 0 Å². The zero-order valence-corrected chi connectivity index (χ0v) is 37.8. The number of carbonyl (C=O) groups is 3. The van der Waals surface area contributed by atoms with Crippen LogP contribution in [0, 0.1) is 11.3 Å². The first-order chi connectivity index (χ1) is 30.9. The molecule has 1 saturated carbocycles. The fourth-order valence-electron chi connectivity index (χ4n) is 13.8. The number of hydrogen-bond donors (Lipinski definition) is 2. The summed E-state index contributed by atoms with van der Waals surface area (Å²) in [6, 6.07) is 20.3. The average molecular weight is 869 g/mol. The van der Waals surface area contributed by atoms with E-state index in [1.54, 1.807) is 31.4 Å². The Bertz CT molecular complexity index is 2590. The molecule has 12 nitrogen and oxygen atoms in total. The third-order valence-corrected chi connectivity index (χ3v) is 16.1. The lowest BCUT2D eigenvalue weighted by molar-refractivity contribution is -0.228. The number of hydrogen-bond acceptors (Lipinski definition) is 11. The monoisotopic (exact) mass is 868 g/mol. The molecule has 1 spiro atoms. The summed E-state index contributed by atoms with van der Waals surface area (Å²) in [6.45, 7) is 9.18. The summed E-state index contributed by atoms with van der Waals surface area (Å²) in [5.74, 6) is -0.933. The molecular formula is C52H60N4O8. The maximum absolute atomic E-state index is 15.4. The number of likely N-dealkylation sites (N-methyl/N-ethyl adjacent to an activating group) is 1. The number of rotatable bonds is 9. The lowest BCUT2D eigenvalue weighted by Gasteiger charge is -2.64. The van der Waals surface area contributed by atoms with E-state index in [1.807, 2.05) is 25.2 Å². The van der Waals surface area contributed by atoms with Crippen LogP contribution in [0.5, 0.6) is 5.75 Å². The fourth-order valence-corrected chi connectivity index (χ4v) is 13.8. The standard InChI is InChI=1S/C52H60N4O8/c1-7-33-25-34-28-51(48(59)62-6,43-37(19-23-55(29-33)30-34)36-17-12-13-18-40(36)53-43)39-26-38-41(27-42(39)61-5)54(4)46-50(38)21-24-56-22-14-20-49(8-2,45(50)56)47(64-32(3)57)52(46,60)31-63-44(58)35-15-10-9-11-16-35/h9-18,20,25-27,34,45-47,53,60H,7-8,19,21-24,28-31H2,1-6H3/t34-,45-,46+,47+,49+,50+,51-,52-/m0/s1. The van der Waals surface area contributed by atoms with Crippen molar-refractivity contribution in [1.29, 1.82) is 0 Å². The zero-order valence-electron chi connectivity index (χ0n) is 37.8. The van der Waals surface area contributed by atoms with E-state index < -0.39 is 52.5 Å². The molecule has 9 atom stereocenters. The number of para-hydroxylation sites is 1. The number of fused-ring (bicyclic) bond motifs is 6. The van der Waals surface area contributed by atoms with Crippen molar-refractivity contribution in [2.45, 2.75) is 87.5 Å². The predicted octanol–water partition coefficient (Wildman–Crippen LogP) is 6.48. The molecular weight excluding hydrogens is 809 g/mol. The van der Waals surface area contributed by atoms with E-state index in [1.165, 1.54) is 19.6 Å². The number of aromatic amines is 1. The number of nitrogens with zero attached hydrogens (tertiary/aromatic N) is 3. The van der Waals surface area contributed by atoms with Crippen molar-refractivity contribution in [3.63, 3.8) is 0 Å². The van der Waals surface area contributed by atoms with Gasteiger partial charge in [-0.3, -0.25) is 19.4 Å². The highest BCUT2D eigenvalue weighted by molar-refractivity contribution is 5.94. The number of ether oxygens (including phenoxy) is 4. The van der Waals surface area contributed by atoms with Crippen LogP contribution in [0.15, 0.2) is 90.5 Å². The van der Waals surface area contributed by atoms with Gasteiger partial charge < -0.3 is 33.9 Å². The van der Waals surface area contributed by atoms with Crippen molar-refractivity contribution in [1.82, 2.24) is 14.8 Å². The van der Waals surface area contributed by atoms with Crippen molar-refractivity contribution in [2.75, 3.05) is 65.5 Å². The molecule has 4 aromatic rings. The molecule has 2 N–H and O–H groups in total. The Morgan fingerprint density at radius 2 is 1.75 bits per heavy atom. The van der Waals surface area contributed by atoms with Crippen LogP contribution in [-0.2, 0) is 41.1 Å². The third-order valence-electron chi connectivity index (χ3n) is 16.1. The highest BCUT2D eigenvalue weighted by atomic mass is 16.6. The summed E-state index contributed by atoms with van der Waals surface area (Å²) in [5.41, 5.74) is 2.16. The minimum absolute atomic E-state index is 0.0217. The SMILES string of the molecule is CCC1=C[C@@H]2CN(CCc3c([nH]c4ccccc34)[C@@](C(=O)OC)(c3cc4c(cc3OC)N(C)[C@H]3[C@@](O)(COC(=O)c5ccccc5)[C@H](OC(C)=O)[C@]5(CC)C=CCN6CC[C@]43[C@@H]65)C2)C1. The van der Waals surface area contributed by atoms with Gasteiger partial charge in [-0.25, -0.2) is 4.79 Å². The lowest BCUT2D eigenvalue weighted by atomic mass is 9.47. The van der Waals surface area contributed by atoms with Crippen LogP contribution in [0.4, 0.5) is 5.69 Å². The topological polar surface area (TPSA) is 134 Å². The molecule has 1 aliphatic carbocycles. The summed E-state index contributed by atoms with van der Waals surface area (Å²) < 4.78 is 25.0. The summed E-state index contributed by atoms with van der Waals surface area (Å²) in [6.07, 6.45) is 8.85. The molecule has 2 fully saturated rings. The van der Waals surface area contributed by atoms with Crippen LogP contribution in [0.2, 0.25) is 0 Å². The van der Waals surface area contributed by atoms with E-state index in [0.717, 1.165) is 65.9 Å². The van der Waals surface area contributed by atoms with Crippen LogP contribution in [0.1, 0.15) is 79.2 Å². The lowest BCUT2D eigenvalue weighted by Crippen LogP contribution is -2.80. The van der Waals surface area contributed by atoms with Gasteiger partial charge in [0.05, 0.1) is 25.8 Å². The molecule has 6 heterocycles. The summed E-state index contributed by atoms with van der Waals surface area (Å²) >= 11 is 0. The average Bonchev–Trinajstić information content (AvgIpc) is 3.98. The van der Waals surface area contributed by atoms with Gasteiger partial charge in [0.15, 0.2) is 5.60 Å². The molecule has 336 valence electrons. The van der Waals surface area contributed by atoms with Gasteiger partial charge in [-0.1, -0.05) is 74.0 Å². The normalized spacial score (nSPS) is 32.5. The number of H-pyrrole nitrogens is 1. The van der Waals surface area contributed by atoms with Crippen LogP contribution in [0.25, 0.3) is 10.9 Å². The number of esters is 3. The molecule has 0 radical (unpaired) electrons. The van der Waals surface area contributed by atoms with Crippen molar-refractivity contribution < 1.29 is 38.4 Å². The molecule has 6 aliphatic rings. The van der Waals surface area contributed by atoms with E-state index in [-0.39, 0.29) is 17.9 Å². The predicted molar refractivity (Wildman–Crippen MR) is 244 cm³/mol.